The summed E-state index contributed by atoms with van der Waals surface area (Å²) in [6, 6.07) is 0. The Balaban J connectivity index is 0. The zero-order chi connectivity index (χ0) is 2.71. The molecule has 0 heterocycles. The van der Waals surface area contributed by atoms with Crippen molar-refractivity contribution < 1.29 is 0 Å². The van der Waals surface area contributed by atoms with Gasteiger partial charge in [0.15, 0.2) is 0 Å². The van der Waals surface area contributed by atoms with Crippen molar-refractivity contribution in [1.29, 1.82) is 0 Å². The summed E-state index contributed by atoms with van der Waals surface area (Å²) >= 11 is 0. The van der Waals surface area contributed by atoms with Crippen molar-refractivity contribution in [1.82, 2.24) is 0 Å². The molecule has 0 unspecified atom stereocenters. The van der Waals surface area contributed by atoms with E-state index in [1.807, 2.05) is 0 Å². The lowest BCUT2D eigenvalue weighted by Gasteiger charge is -1.31. The van der Waals surface area contributed by atoms with E-state index < -0.39 is 0 Å². The van der Waals surface area contributed by atoms with Crippen LogP contribution in [0.3, 0.4) is 0 Å². The summed E-state index contributed by atoms with van der Waals surface area (Å²) in [5.74, 6) is 0. The molecule has 0 bridgehead atoms. The highest BCUT2D eigenvalue weighted by molar-refractivity contribution is 8.93. The van der Waals surface area contributed by atoms with Gasteiger partial charge in [0.2, 0.25) is 0 Å². The van der Waals surface area contributed by atoms with Crippen molar-refractivity contribution in [3.8, 4) is 0 Å². The van der Waals surface area contributed by atoms with Crippen LogP contribution in [0, 0.1) is 0 Å². The lowest BCUT2D eigenvalue weighted by Crippen LogP contribution is -0.711. The number of rotatable bonds is 0. The molecule has 0 saturated carbocycles. The Hall–Kier alpha value is -0.210. The van der Waals surface area contributed by atoms with Crippen molar-refractivity contribution in [3.05, 3.63) is 16.0 Å². The van der Waals surface area contributed by atoms with E-state index >= 15 is 0 Å². The van der Waals surface area contributed by atoms with Crippen molar-refractivity contribution >= 4 is 17.0 Å². The summed E-state index contributed by atoms with van der Waals surface area (Å²) in [5.41, 5.74) is 13.5. The van der Waals surface area contributed by atoms with Gasteiger partial charge >= 0.3 is 0 Å². The van der Waals surface area contributed by atoms with Gasteiger partial charge in [0.1, 0.15) is 0 Å². The fourth-order valence-corrected chi connectivity index (χ4v) is 0. The molecule has 0 aliphatic carbocycles. The van der Waals surface area contributed by atoms with Crippen LogP contribution in [0.2, 0.25) is 0 Å². The van der Waals surface area contributed by atoms with Gasteiger partial charge < -0.3 is 11.1 Å². The van der Waals surface area contributed by atoms with Crippen molar-refractivity contribution in [2.45, 2.75) is 0 Å². The summed E-state index contributed by atoms with van der Waals surface area (Å²) in [6.07, 6.45) is 0. The quantitative estimate of drug-likeness (QED) is 0.266. The van der Waals surface area contributed by atoms with Gasteiger partial charge in [0.05, 0.1) is 0 Å². The number of nitrogens with zero attached hydrogens (tertiary/aromatic N) is 3. The first-order chi connectivity index (χ1) is 1.41. The Labute approximate surface area is 33.8 Å². The molecule has 4 heteroatoms. The second-order valence-electron chi connectivity index (χ2n) is 0.0894. The monoisotopic (exact) mass is 122 g/mol. The van der Waals surface area contributed by atoms with Gasteiger partial charge in [0, 0.05) is 0 Å². The second-order valence-corrected chi connectivity index (χ2v) is 0.0894. The van der Waals surface area contributed by atoms with E-state index in [0.29, 0.717) is 0 Å². The van der Waals surface area contributed by atoms with Gasteiger partial charge in [0.25, 0.3) is 0 Å². The van der Waals surface area contributed by atoms with Gasteiger partial charge in [-0.2, -0.15) is 0 Å². The number of hydrogen-bond acceptors (Lipinski definition) is 0. The summed E-state index contributed by atoms with van der Waals surface area (Å²) in [6.45, 7) is 0. The van der Waals surface area contributed by atoms with Gasteiger partial charge in [-0.15, -0.1) is 17.0 Å². The molecule has 24 valence electrons. The summed E-state index contributed by atoms with van der Waals surface area (Å²) < 4.78 is 0. The van der Waals surface area contributed by atoms with E-state index in [-0.39, 0.29) is 17.0 Å². The first-order valence-corrected chi connectivity index (χ1v) is 0.400. The average Bonchev–Trinajstić information content (AvgIpc) is 0.918. The standard InChI is InChI=1S/BrH.N3/c;1-3-2/h1H;/q;-1. The molecule has 0 saturated heterocycles. The lowest BCUT2D eigenvalue weighted by atomic mass is 13.0. The predicted molar refractivity (Wildman–Crippen MR) is 20.4 cm³/mol. The molecule has 0 aliphatic rings. The maximum absolute atomic E-state index is 6.75. The lowest BCUT2D eigenvalue weighted by molar-refractivity contribution is 2.36. The minimum atomic E-state index is 0. The Morgan fingerprint density at radius 2 is 1.25 bits per heavy atom. The fourth-order valence-electron chi connectivity index (χ4n) is 0. The maximum atomic E-state index is 6.75. The van der Waals surface area contributed by atoms with Gasteiger partial charge in [-0.3, -0.25) is 4.91 Å². The zero-order valence-corrected chi connectivity index (χ0v) is 3.46. The Morgan fingerprint density at radius 1 is 1.25 bits per heavy atom. The first-order valence-electron chi connectivity index (χ1n) is 0.400. The van der Waals surface area contributed by atoms with Crippen LogP contribution in [0.4, 0.5) is 0 Å². The van der Waals surface area contributed by atoms with Crippen LogP contribution in [0.25, 0.3) is 16.0 Å². The normalized spacial score (nSPS) is 2.00. The molecule has 0 aromatic heterocycles. The van der Waals surface area contributed by atoms with Gasteiger partial charge in [-0.25, -0.2) is 0 Å². The molecule has 3 nitrogen and oxygen atoms in total. The van der Waals surface area contributed by atoms with Crippen LogP contribution in [-0.4, -0.2) is 0 Å². The van der Waals surface area contributed by atoms with E-state index in [9.17, 15) is 0 Å². The molecule has 0 fully saturated rings. The van der Waals surface area contributed by atoms with E-state index in [2.05, 4.69) is 0 Å². The van der Waals surface area contributed by atoms with Crippen LogP contribution in [0.1, 0.15) is 0 Å². The smallest absolute Gasteiger partial charge is 0.114 e. The molecule has 0 radical (unpaired) electrons. The molecular weight excluding hydrogens is 122 g/mol. The number of hydrogen-bond donors (Lipinski definition) is 0. The highest BCUT2D eigenvalue weighted by atomic mass is 79.9. The summed E-state index contributed by atoms with van der Waals surface area (Å²) in [4.78, 5) is 1.50. The van der Waals surface area contributed by atoms with E-state index in [0.717, 1.165) is 0 Å². The summed E-state index contributed by atoms with van der Waals surface area (Å²) in [7, 11) is 0. The molecule has 0 amide bonds. The molecule has 0 rings (SSSR count). The number of halogens is 1. The minimum Gasteiger partial charge on any atom is -0.373 e. The molecule has 0 N–H and O–H groups in total. The molecule has 0 aromatic carbocycles. The third-order valence-corrected chi connectivity index (χ3v) is 0. The maximum Gasteiger partial charge on any atom is -0.114 e. The van der Waals surface area contributed by atoms with E-state index in [1.54, 1.807) is 0 Å². The van der Waals surface area contributed by atoms with Crippen LogP contribution in [-0.2, 0) is 0 Å². The minimum absolute atomic E-state index is 0. The van der Waals surface area contributed by atoms with Gasteiger partial charge in [-0.05, 0) is 0 Å². The predicted octanol–water partition coefficient (Wildman–Crippen LogP) is 1.44. The van der Waals surface area contributed by atoms with E-state index in [1.165, 1.54) is 4.91 Å². The second kappa shape index (κ2) is 14.3. The first kappa shape index (κ1) is 9.21. The molecular formula is HBrN3-. The molecule has 0 spiro atoms. The average molecular weight is 123 g/mol. The van der Waals surface area contributed by atoms with Crippen LogP contribution < -0.4 is 0 Å². The Bertz CT molecular complexity index is 24.3. The molecule has 0 atom stereocenters. The SMILES string of the molecule is Br.[N-]=[N+]=[N-]. The zero-order valence-electron chi connectivity index (χ0n) is 1.75. The fraction of sp³-hybridized carbons (Fsp3) is 0. The van der Waals surface area contributed by atoms with Crippen molar-refractivity contribution in [2.75, 3.05) is 0 Å². The highest BCUT2D eigenvalue weighted by Gasteiger charge is 0.689. The molecule has 0 aromatic rings. The highest BCUT2D eigenvalue weighted by Crippen LogP contribution is 1.29. The van der Waals surface area contributed by atoms with Crippen molar-refractivity contribution in [3.63, 3.8) is 0 Å². The third-order valence-electron chi connectivity index (χ3n) is 0. The van der Waals surface area contributed by atoms with Crippen molar-refractivity contribution in [2.24, 2.45) is 0 Å². The molecule has 0 aliphatic heterocycles. The Kier molecular flexibility index (Phi) is 33.0. The topological polar surface area (TPSA) is 58.7 Å². The largest absolute Gasteiger partial charge is 0.373 e. The molecule has 4 heavy (non-hydrogen) atoms. The van der Waals surface area contributed by atoms with Crippen LogP contribution >= 0.6 is 17.0 Å². The van der Waals surface area contributed by atoms with Gasteiger partial charge in [-0.1, -0.05) is 0 Å². The Morgan fingerprint density at radius 3 is 1.25 bits per heavy atom. The third kappa shape index (κ3) is 25.3. The summed E-state index contributed by atoms with van der Waals surface area (Å²) in [5, 5.41) is 0. The van der Waals surface area contributed by atoms with Crippen LogP contribution in [0.5, 0.6) is 0 Å². The van der Waals surface area contributed by atoms with Crippen LogP contribution in [0.15, 0.2) is 0 Å². The van der Waals surface area contributed by atoms with E-state index in [4.69, 9.17) is 11.1 Å².